The van der Waals surface area contributed by atoms with E-state index in [4.69, 9.17) is 22.3 Å². The van der Waals surface area contributed by atoms with Crippen molar-refractivity contribution in [3.8, 4) is 28.7 Å². The van der Waals surface area contributed by atoms with Gasteiger partial charge >= 0.3 is 0 Å². The van der Waals surface area contributed by atoms with Crippen LogP contribution in [0.3, 0.4) is 0 Å². The number of carbonyl (C=O) groups excluding carboxylic acids is 1. The fourth-order valence-electron chi connectivity index (χ4n) is 4.35. The highest BCUT2D eigenvalue weighted by atomic mass is 35.5. The number of aromatic nitrogens is 4. The molecule has 0 bridgehead atoms. The summed E-state index contributed by atoms with van der Waals surface area (Å²) in [5, 5.41) is 13.3. The van der Waals surface area contributed by atoms with Gasteiger partial charge in [0.2, 0.25) is 5.91 Å². The lowest BCUT2D eigenvalue weighted by Crippen LogP contribution is -2.25. The molecule has 1 aliphatic heterocycles. The molecule has 0 fully saturated rings. The number of pyridine rings is 1. The van der Waals surface area contributed by atoms with Crippen LogP contribution in [0.2, 0.25) is 5.02 Å². The molecular weight excluding hydrogens is 542 g/mol. The summed E-state index contributed by atoms with van der Waals surface area (Å²) < 4.78 is 2.03. The Hall–Kier alpha value is -4.28. The highest BCUT2D eigenvalue weighted by Crippen LogP contribution is 2.39. The lowest BCUT2D eigenvalue weighted by Gasteiger charge is -2.12. The summed E-state index contributed by atoms with van der Waals surface area (Å²) in [6, 6.07) is 10.7. The molecule has 3 N–H and O–H groups in total. The zero-order valence-corrected chi connectivity index (χ0v) is 23.8. The van der Waals surface area contributed by atoms with Gasteiger partial charge in [0, 0.05) is 32.8 Å². The van der Waals surface area contributed by atoms with Gasteiger partial charge in [0.05, 0.1) is 25.2 Å². The second-order valence-electron chi connectivity index (χ2n) is 9.13. The Morgan fingerprint density at radius 3 is 2.62 bits per heavy atom. The summed E-state index contributed by atoms with van der Waals surface area (Å²) >= 11 is 7.85. The van der Waals surface area contributed by atoms with E-state index in [1.807, 2.05) is 41.8 Å². The zero-order valence-electron chi connectivity index (χ0n) is 22.2. The van der Waals surface area contributed by atoms with Gasteiger partial charge in [0.25, 0.3) is 0 Å². The third-order valence-corrected chi connectivity index (χ3v) is 7.87. The van der Waals surface area contributed by atoms with Gasteiger partial charge in [-0.2, -0.15) is 0 Å². The SMILES string of the molecule is Cc1sc2c(c1C)C(c1ccc(Cl)cc1)=NC(CC(=O)NCC#Cc1ccc(C#CCN)nc1)c1nnc(C)n1-2. The predicted octanol–water partition coefficient (Wildman–Crippen LogP) is 4.06. The minimum atomic E-state index is -0.537. The summed E-state index contributed by atoms with van der Waals surface area (Å²) in [4.78, 5) is 23.6. The quantitative estimate of drug-likeness (QED) is 0.361. The molecule has 1 aliphatic rings. The van der Waals surface area contributed by atoms with Crippen LogP contribution in [0.5, 0.6) is 0 Å². The Labute approximate surface area is 241 Å². The number of nitrogens with one attached hydrogen (secondary N) is 1. The van der Waals surface area contributed by atoms with Gasteiger partial charge in [0.15, 0.2) is 5.82 Å². The number of hydrogen-bond donors (Lipinski definition) is 2. The first-order chi connectivity index (χ1) is 19.4. The normalized spacial score (nSPS) is 13.5. The van der Waals surface area contributed by atoms with E-state index in [1.54, 1.807) is 23.6 Å². The number of fused-ring (bicyclic) bond motifs is 3. The second kappa shape index (κ2) is 11.8. The van der Waals surface area contributed by atoms with Gasteiger partial charge in [-0.05, 0) is 56.5 Å². The lowest BCUT2D eigenvalue weighted by atomic mass is 9.99. The number of carbonyl (C=O) groups is 1. The van der Waals surface area contributed by atoms with E-state index in [1.165, 1.54) is 4.88 Å². The molecule has 8 nitrogen and oxygen atoms in total. The topological polar surface area (TPSA) is 111 Å². The average molecular weight is 568 g/mol. The Morgan fingerprint density at radius 2 is 1.90 bits per heavy atom. The molecule has 0 aliphatic carbocycles. The fourth-order valence-corrected chi connectivity index (χ4v) is 5.69. The first-order valence-electron chi connectivity index (χ1n) is 12.6. The molecule has 0 saturated carbocycles. The van der Waals surface area contributed by atoms with Crippen molar-refractivity contribution in [1.82, 2.24) is 25.1 Å². The lowest BCUT2D eigenvalue weighted by molar-refractivity contribution is -0.121. The summed E-state index contributed by atoms with van der Waals surface area (Å²) in [6.07, 6.45) is 1.74. The van der Waals surface area contributed by atoms with E-state index in [-0.39, 0.29) is 25.4 Å². The van der Waals surface area contributed by atoms with Crippen LogP contribution in [-0.4, -0.2) is 44.5 Å². The maximum absolute atomic E-state index is 13.1. The summed E-state index contributed by atoms with van der Waals surface area (Å²) in [5.74, 6) is 12.8. The average Bonchev–Trinajstić information content (AvgIpc) is 3.43. The molecule has 5 rings (SSSR count). The molecule has 0 radical (unpaired) electrons. The number of nitrogens with zero attached hydrogens (tertiary/aromatic N) is 5. The first-order valence-corrected chi connectivity index (χ1v) is 13.8. The molecule has 4 heterocycles. The van der Waals surface area contributed by atoms with Crippen LogP contribution in [0.15, 0.2) is 47.6 Å². The van der Waals surface area contributed by atoms with Crippen molar-refractivity contribution in [3.63, 3.8) is 0 Å². The van der Waals surface area contributed by atoms with Crippen molar-refractivity contribution in [1.29, 1.82) is 0 Å². The molecule has 10 heteroatoms. The van der Waals surface area contributed by atoms with E-state index in [2.05, 4.69) is 58.0 Å². The zero-order chi connectivity index (χ0) is 28.2. The Kier molecular flexibility index (Phi) is 8.09. The van der Waals surface area contributed by atoms with Crippen molar-refractivity contribution in [3.05, 3.63) is 92.1 Å². The Bertz CT molecular complexity index is 1730. The van der Waals surface area contributed by atoms with E-state index >= 15 is 0 Å². The van der Waals surface area contributed by atoms with Crippen LogP contribution >= 0.6 is 22.9 Å². The Morgan fingerprint density at radius 1 is 1.10 bits per heavy atom. The van der Waals surface area contributed by atoms with E-state index in [0.29, 0.717) is 16.5 Å². The molecule has 1 amide bonds. The molecule has 200 valence electrons. The maximum Gasteiger partial charge on any atom is 0.223 e. The maximum atomic E-state index is 13.1. The fraction of sp³-hybridized carbons (Fsp3) is 0.233. The van der Waals surface area contributed by atoms with Crippen LogP contribution in [0, 0.1) is 44.5 Å². The minimum absolute atomic E-state index is 0.0972. The van der Waals surface area contributed by atoms with Gasteiger partial charge in [-0.1, -0.05) is 41.5 Å². The van der Waals surface area contributed by atoms with Crippen molar-refractivity contribution in [2.24, 2.45) is 10.7 Å². The smallest absolute Gasteiger partial charge is 0.223 e. The minimum Gasteiger partial charge on any atom is -0.345 e. The highest BCUT2D eigenvalue weighted by molar-refractivity contribution is 7.15. The van der Waals surface area contributed by atoms with Gasteiger partial charge in [-0.3, -0.25) is 14.4 Å². The summed E-state index contributed by atoms with van der Waals surface area (Å²) in [5.41, 5.74) is 10.7. The highest BCUT2D eigenvalue weighted by Gasteiger charge is 2.32. The number of rotatable bonds is 4. The number of aliphatic imine (C=N–C) groups is 1. The molecule has 40 heavy (non-hydrogen) atoms. The number of hydrogen-bond acceptors (Lipinski definition) is 7. The number of nitrogens with two attached hydrogens (primary N) is 1. The third-order valence-electron chi connectivity index (χ3n) is 6.42. The molecule has 1 aromatic carbocycles. The van der Waals surface area contributed by atoms with Crippen molar-refractivity contribution >= 4 is 34.6 Å². The summed E-state index contributed by atoms with van der Waals surface area (Å²) in [7, 11) is 0. The van der Waals surface area contributed by atoms with Crippen molar-refractivity contribution < 1.29 is 4.79 Å². The molecular formula is C30H26ClN7OS. The van der Waals surface area contributed by atoms with Gasteiger partial charge in [-0.15, -0.1) is 21.5 Å². The molecule has 3 aromatic heterocycles. The number of amides is 1. The number of halogens is 1. The number of thiophene rings is 1. The summed E-state index contributed by atoms with van der Waals surface area (Å²) in [6.45, 7) is 6.57. The molecule has 0 saturated heterocycles. The monoisotopic (exact) mass is 567 g/mol. The van der Waals surface area contributed by atoms with E-state index in [0.717, 1.165) is 38.8 Å². The van der Waals surface area contributed by atoms with Gasteiger partial charge < -0.3 is 11.1 Å². The van der Waals surface area contributed by atoms with Crippen molar-refractivity contribution in [2.75, 3.05) is 13.1 Å². The largest absolute Gasteiger partial charge is 0.345 e. The van der Waals surface area contributed by atoms with Gasteiger partial charge in [0.1, 0.15) is 22.6 Å². The van der Waals surface area contributed by atoms with Crippen LogP contribution in [0.25, 0.3) is 5.00 Å². The molecule has 1 unspecified atom stereocenters. The Balaban J connectivity index is 1.39. The molecule has 1 atom stereocenters. The van der Waals surface area contributed by atoms with E-state index < -0.39 is 6.04 Å². The van der Waals surface area contributed by atoms with Crippen molar-refractivity contribution in [2.45, 2.75) is 33.2 Å². The van der Waals surface area contributed by atoms with Crippen LogP contribution in [0.4, 0.5) is 0 Å². The standard InChI is InChI=1S/C30H26ClN7OS/c1-18-19(2)40-30-27(18)28(22-9-11-23(31)12-10-22)35-25(29-37-36-20(3)38(29)30)16-26(39)33-15-5-6-21-8-13-24(34-17-21)7-4-14-32/h8-13,17,25H,14-16,32H2,1-3H3,(H,33,39). The molecule has 0 spiro atoms. The predicted molar refractivity (Wildman–Crippen MR) is 158 cm³/mol. The van der Waals surface area contributed by atoms with E-state index in [9.17, 15) is 4.79 Å². The first kappa shape index (κ1) is 27.3. The molecule has 4 aromatic rings. The van der Waals surface area contributed by atoms with Crippen LogP contribution in [-0.2, 0) is 4.79 Å². The van der Waals surface area contributed by atoms with Crippen LogP contribution in [0.1, 0.15) is 56.9 Å². The third kappa shape index (κ3) is 5.68. The second-order valence-corrected chi connectivity index (χ2v) is 10.8. The number of aryl methyl sites for hydroxylation is 2. The van der Waals surface area contributed by atoms with Gasteiger partial charge in [-0.25, -0.2) is 4.98 Å². The number of benzene rings is 1. The van der Waals surface area contributed by atoms with Crippen LogP contribution < -0.4 is 11.1 Å².